The van der Waals surface area contributed by atoms with Crippen molar-refractivity contribution < 1.29 is 14.0 Å². The van der Waals surface area contributed by atoms with E-state index in [0.29, 0.717) is 0 Å². The summed E-state index contributed by atoms with van der Waals surface area (Å²) in [5.41, 5.74) is 4.55. The molecule has 0 spiro atoms. The highest BCUT2D eigenvalue weighted by Gasteiger charge is 2.51. The Hall–Kier alpha value is -2.76. The van der Waals surface area contributed by atoms with Gasteiger partial charge in [0.05, 0.1) is 22.6 Å². The molecule has 0 aliphatic carbocycles. The molecule has 1 saturated heterocycles. The molecule has 0 radical (unpaired) electrons. The number of anilines is 3. The minimum Gasteiger partial charge on any atom is -0.453 e. The molecule has 0 amide bonds. The van der Waals surface area contributed by atoms with Crippen molar-refractivity contribution in [2.45, 2.75) is 45.8 Å². The molecule has 2 heterocycles. The first kappa shape index (κ1) is 19.2. The number of rotatable bonds is 2. The van der Waals surface area contributed by atoms with E-state index in [4.69, 9.17) is 14.0 Å². The van der Waals surface area contributed by atoms with Crippen LogP contribution in [0.5, 0.6) is 11.5 Å². The van der Waals surface area contributed by atoms with Gasteiger partial charge in [0, 0.05) is 5.69 Å². The van der Waals surface area contributed by atoms with Gasteiger partial charge >= 0.3 is 7.12 Å². The fraction of sp³-hybridized carbons (Fsp3) is 0.280. The fourth-order valence-electron chi connectivity index (χ4n) is 3.87. The lowest BCUT2D eigenvalue weighted by Crippen LogP contribution is -2.41. The Morgan fingerprint density at radius 3 is 2.07 bits per heavy atom. The molecule has 1 fully saturated rings. The number of para-hydroxylation sites is 2. The fourth-order valence-corrected chi connectivity index (χ4v) is 3.87. The second kappa shape index (κ2) is 6.63. The Bertz CT molecular complexity index is 1090. The molecule has 2 aliphatic rings. The largest absolute Gasteiger partial charge is 0.494 e. The average molecular weight is 399 g/mol. The number of hydrogen-bond donors (Lipinski definition) is 0. The van der Waals surface area contributed by atoms with Crippen LogP contribution < -0.4 is 15.1 Å². The van der Waals surface area contributed by atoms with E-state index in [-0.39, 0.29) is 11.2 Å². The summed E-state index contributed by atoms with van der Waals surface area (Å²) in [6, 6.07) is 22.9. The van der Waals surface area contributed by atoms with Crippen LogP contribution in [-0.2, 0) is 9.31 Å². The first-order valence-corrected chi connectivity index (χ1v) is 10.4. The quantitative estimate of drug-likeness (QED) is 0.395. The van der Waals surface area contributed by atoms with Crippen LogP contribution in [-0.4, -0.2) is 18.3 Å². The minimum absolute atomic E-state index is 0.380. The number of aryl methyl sites for hydroxylation is 1. The van der Waals surface area contributed by atoms with E-state index in [1.165, 1.54) is 5.56 Å². The minimum atomic E-state index is -0.422. The molecule has 0 bridgehead atoms. The SMILES string of the molecule is Cc1ccc(N2c3ccccc3Oc3cc(B4OC(C)(C)C(C)(C)O4)ccc32)cc1. The van der Waals surface area contributed by atoms with Gasteiger partial charge in [0.15, 0.2) is 11.5 Å². The zero-order chi connectivity index (χ0) is 21.1. The molecule has 5 rings (SSSR count). The Labute approximate surface area is 178 Å². The maximum Gasteiger partial charge on any atom is 0.494 e. The standard InChI is InChI=1S/C25H26BNO3/c1-17-10-13-19(14-11-17)27-20-8-6-7-9-22(20)28-23-16-18(12-15-21(23)27)26-29-24(2,3)25(4,5)30-26/h6-16H,1-5H3. The summed E-state index contributed by atoms with van der Waals surface area (Å²) in [4.78, 5) is 2.24. The smallest absolute Gasteiger partial charge is 0.453 e. The second-order valence-corrected chi connectivity index (χ2v) is 9.06. The van der Waals surface area contributed by atoms with Crippen molar-refractivity contribution in [1.29, 1.82) is 0 Å². The predicted octanol–water partition coefficient (Wildman–Crippen LogP) is 5.87. The lowest BCUT2D eigenvalue weighted by Gasteiger charge is -2.33. The third kappa shape index (κ3) is 3.01. The monoisotopic (exact) mass is 399 g/mol. The van der Waals surface area contributed by atoms with Gasteiger partial charge in [-0.15, -0.1) is 0 Å². The van der Waals surface area contributed by atoms with Crippen molar-refractivity contribution in [2.75, 3.05) is 4.90 Å². The highest BCUT2D eigenvalue weighted by atomic mass is 16.7. The molecular weight excluding hydrogens is 373 g/mol. The lowest BCUT2D eigenvalue weighted by molar-refractivity contribution is 0.00578. The lowest BCUT2D eigenvalue weighted by atomic mass is 9.79. The number of benzene rings is 3. The zero-order valence-corrected chi connectivity index (χ0v) is 18.1. The van der Waals surface area contributed by atoms with Crippen molar-refractivity contribution in [3.63, 3.8) is 0 Å². The molecular formula is C25H26BNO3. The molecule has 0 N–H and O–H groups in total. The maximum atomic E-state index is 6.30. The number of ether oxygens (including phenoxy) is 1. The Balaban J connectivity index is 1.58. The van der Waals surface area contributed by atoms with Crippen LogP contribution in [0.3, 0.4) is 0 Å². The van der Waals surface area contributed by atoms with E-state index in [2.05, 4.69) is 82.0 Å². The average Bonchev–Trinajstić information content (AvgIpc) is 2.94. The number of nitrogens with zero attached hydrogens (tertiary/aromatic N) is 1. The number of hydrogen-bond acceptors (Lipinski definition) is 4. The first-order chi connectivity index (χ1) is 14.2. The normalized spacial score (nSPS) is 18.6. The first-order valence-electron chi connectivity index (χ1n) is 10.4. The molecule has 152 valence electrons. The van der Waals surface area contributed by atoms with Crippen molar-refractivity contribution in [3.05, 3.63) is 72.3 Å². The molecule has 30 heavy (non-hydrogen) atoms. The summed E-state index contributed by atoms with van der Waals surface area (Å²) < 4.78 is 18.8. The molecule has 0 saturated carbocycles. The molecule has 0 unspecified atom stereocenters. The summed E-state index contributed by atoms with van der Waals surface area (Å²) >= 11 is 0. The summed E-state index contributed by atoms with van der Waals surface area (Å²) in [5.74, 6) is 1.62. The zero-order valence-electron chi connectivity index (χ0n) is 18.1. The van der Waals surface area contributed by atoms with E-state index >= 15 is 0 Å². The van der Waals surface area contributed by atoms with Crippen molar-refractivity contribution in [3.8, 4) is 11.5 Å². The number of fused-ring (bicyclic) bond motifs is 2. The van der Waals surface area contributed by atoms with Crippen LogP contribution in [0.2, 0.25) is 0 Å². The second-order valence-electron chi connectivity index (χ2n) is 9.06. The van der Waals surface area contributed by atoms with Gasteiger partial charge < -0.3 is 18.9 Å². The van der Waals surface area contributed by atoms with E-state index in [9.17, 15) is 0 Å². The maximum absolute atomic E-state index is 6.30. The van der Waals surface area contributed by atoms with Crippen molar-refractivity contribution in [1.82, 2.24) is 0 Å². The van der Waals surface area contributed by atoms with Crippen LogP contribution in [0.4, 0.5) is 17.1 Å². The molecule has 3 aromatic rings. The molecule has 5 heteroatoms. The van der Waals surface area contributed by atoms with Crippen LogP contribution in [0.25, 0.3) is 0 Å². The Morgan fingerprint density at radius 2 is 1.37 bits per heavy atom. The van der Waals surface area contributed by atoms with Gasteiger partial charge in [-0.1, -0.05) is 35.9 Å². The molecule has 2 aliphatic heterocycles. The van der Waals surface area contributed by atoms with Gasteiger partial charge in [-0.3, -0.25) is 0 Å². The van der Waals surface area contributed by atoms with Crippen molar-refractivity contribution >= 4 is 29.6 Å². The third-order valence-electron chi connectivity index (χ3n) is 6.37. The van der Waals surface area contributed by atoms with E-state index in [1.54, 1.807) is 0 Å². The Kier molecular flexibility index (Phi) is 4.25. The van der Waals surface area contributed by atoms with E-state index in [1.807, 2.05) is 24.3 Å². The van der Waals surface area contributed by atoms with Gasteiger partial charge in [-0.25, -0.2) is 0 Å². The van der Waals surface area contributed by atoms with Crippen molar-refractivity contribution in [2.24, 2.45) is 0 Å². The molecule has 0 atom stereocenters. The van der Waals surface area contributed by atoms with Gasteiger partial charge in [0.1, 0.15) is 0 Å². The third-order valence-corrected chi connectivity index (χ3v) is 6.37. The van der Waals surface area contributed by atoms with Crippen LogP contribution in [0.15, 0.2) is 66.7 Å². The van der Waals surface area contributed by atoms with Crippen LogP contribution in [0.1, 0.15) is 33.3 Å². The summed E-state index contributed by atoms with van der Waals surface area (Å²) in [7, 11) is -0.422. The van der Waals surface area contributed by atoms with Gasteiger partial charge in [-0.2, -0.15) is 0 Å². The summed E-state index contributed by atoms with van der Waals surface area (Å²) in [6.45, 7) is 10.4. The van der Waals surface area contributed by atoms with Gasteiger partial charge in [0.2, 0.25) is 0 Å². The van der Waals surface area contributed by atoms with Crippen LogP contribution in [0, 0.1) is 6.92 Å². The molecule has 4 nitrogen and oxygen atoms in total. The van der Waals surface area contributed by atoms with E-state index in [0.717, 1.165) is 34.0 Å². The van der Waals surface area contributed by atoms with Gasteiger partial charge in [0.25, 0.3) is 0 Å². The topological polar surface area (TPSA) is 30.9 Å². The highest BCUT2D eigenvalue weighted by Crippen LogP contribution is 2.50. The molecule has 3 aromatic carbocycles. The van der Waals surface area contributed by atoms with Gasteiger partial charge in [-0.05, 0) is 76.5 Å². The summed E-state index contributed by atoms with van der Waals surface area (Å²) in [5, 5.41) is 0. The molecule has 0 aromatic heterocycles. The van der Waals surface area contributed by atoms with E-state index < -0.39 is 7.12 Å². The summed E-state index contributed by atoms with van der Waals surface area (Å²) in [6.07, 6.45) is 0. The van der Waals surface area contributed by atoms with Crippen LogP contribution >= 0.6 is 0 Å². The highest BCUT2D eigenvalue weighted by molar-refractivity contribution is 6.62. The Morgan fingerprint density at radius 1 is 0.733 bits per heavy atom. The predicted molar refractivity (Wildman–Crippen MR) is 122 cm³/mol.